The normalized spacial score (nSPS) is 14.9. The molecule has 19 heavy (non-hydrogen) atoms. The maximum atomic E-state index is 11.7. The largest absolute Gasteiger partial charge is 0.393 e. The number of rotatable bonds is 7. The molecule has 0 fully saturated rings. The number of carbonyl (C=O) groups is 2. The summed E-state index contributed by atoms with van der Waals surface area (Å²) in [5, 5.41) is 0. The smallest absolute Gasteiger partial charge is 0.316 e. The van der Waals surface area contributed by atoms with Crippen LogP contribution in [0.3, 0.4) is 0 Å². The van der Waals surface area contributed by atoms with Crippen LogP contribution < -0.4 is 0 Å². The molecule has 0 aliphatic rings. The predicted octanol–water partition coefficient (Wildman–Crippen LogP) is 3.24. The van der Waals surface area contributed by atoms with Gasteiger partial charge in [-0.05, 0) is 25.7 Å². The fourth-order valence-electron chi connectivity index (χ4n) is 1.32. The van der Waals surface area contributed by atoms with E-state index in [0.717, 1.165) is 6.42 Å². The molecule has 0 amide bonds. The highest BCUT2D eigenvalue weighted by atomic mass is 16.6. The first kappa shape index (κ1) is 17.8. The molecule has 0 aromatic rings. The fraction of sp³-hybridized carbons (Fsp3) is 0.800. The van der Waals surface area contributed by atoms with E-state index in [1.54, 1.807) is 20.8 Å². The van der Waals surface area contributed by atoms with Gasteiger partial charge in [0.25, 0.3) is 0 Å². The van der Waals surface area contributed by atoms with Crippen LogP contribution in [0.4, 0.5) is 0 Å². The second-order valence-corrected chi connectivity index (χ2v) is 5.76. The van der Waals surface area contributed by atoms with Crippen LogP contribution >= 0.6 is 0 Å². The molecule has 2 unspecified atom stereocenters. The second kappa shape index (κ2) is 8.83. The third kappa shape index (κ3) is 8.51. The van der Waals surface area contributed by atoms with E-state index < -0.39 is 11.9 Å². The quantitative estimate of drug-likeness (QED) is 0.405. The van der Waals surface area contributed by atoms with Gasteiger partial charge < -0.3 is 4.74 Å². The first-order chi connectivity index (χ1) is 8.73. The summed E-state index contributed by atoms with van der Waals surface area (Å²) in [6.45, 7) is 11.4. The Kier molecular flexibility index (Phi) is 8.28. The lowest BCUT2D eigenvalue weighted by Gasteiger charge is -2.13. The van der Waals surface area contributed by atoms with Crippen LogP contribution in [0.5, 0.6) is 0 Å². The first-order valence-electron chi connectivity index (χ1n) is 7.02. The van der Waals surface area contributed by atoms with Crippen molar-refractivity contribution in [3.8, 4) is 0 Å². The van der Waals surface area contributed by atoms with Crippen molar-refractivity contribution in [2.45, 2.75) is 60.4 Å². The van der Waals surface area contributed by atoms with Crippen molar-refractivity contribution in [2.24, 2.45) is 22.7 Å². The van der Waals surface area contributed by atoms with Gasteiger partial charge in [-0.25, -0.2) is 0 Å². The van der Waals surface area contributed by atoms with Gasteiger partial charge >= 0.3 is 11.9 Å². The Bertz CT molecular complexity index is 321. The Morgan fingerprint density at radius 2 is 1.58 bits per heavy atom. The van der Waals surface area contributed by atoms with E-state index in [1.807, 2.05) is 13.1 Å². The van der Waals surface area contributed by atoms with Crippen molar-refractivity contribution in [1.29, 1.82) is 0 Å². The van der Waals surface area contributed by atoms with Crippen molar-refractivity contribution in [3.63, 3.8) is 0 Å². The van der Waals surface area contributed by atoms with Crippen LogP contribution in [-0.4, -0.2) is 24.2 Å². The summed E-state index contributed by atoms with van der Waals surface area (Å²) in [7, 11) is 0. The standard InChI is InChI=1S/C15H27NO3/c1-10(2)9-16-13(6)8-7-12(5)15(18)19-14(17)11(3)4/h9-13H,7-8H2,1-6H3/b16-9+. The first-order valence-corrected chi connectivity index (χ1v) is 7.02. The molecule has 0 heterocycles. The molecule has 110 valence electrons. The lowest BCUT2D eigenvalue weighted by Crippen LogP contribution is -2.22. The predicted molar refractivity (Wildman–Crippen MR) is 77.1 cm³/mol. The van der Waals surface area contributed by atoms with Gasteiger partial charge in [-0.3, -0.25) is 14.6 Å². The number of esters is 2. The van der Waals surface area contributed by atoms with E-state index in [1.165, 1.54) is 0 Å². The number of hydrogen-bond acceptors (Lipinski definition) is 4. The topological polar surface area (TPSA) is 55.7 Å². The van der Waals surface area contributed by atoms with Crippen LogP contribution in [0.15, 0.2) is 4.99 Å². The average molecular weight is 269 g/mol. The monoisotopic (exact) mass is 269 g/mol. The third-order valence-corrected chi connectivity index (χ3v) is 2.73. The summed E-state index contributed by atoms with van der Waals surface area (Å²) in [4.78, 5) is 27.4. The van der Waals surface area contributed by atoms with Crippen molar-refractivity contribution in [2.75, 3.05) is 0 Å². The summed E-state index contributed by atoms with van der Waals surface area (Å²) in [5.74, 6) is -0.986. The van der Waals surface area contributed by atoms with Gasteiger partial charge in [-0.15, -0.1) is 0 Å². The van der Waals surface area contributed by atoms with Crippen LogP contribution in [0.1, 0.15) is 54.4 Å². The van der Waals surface area contributed by atoms with Gasteiger partial charge in [0, 0.05) is 12.3 Å². The SMILES string of the molecule is CC(C)/C=N/C(C)CCC(C)C(=O)OC(=O)C(C)C. The molecule has 0 rings (SSSR count). The molecule has 0 aromatic carbocycles. The lowest BCUT2D eigenvalue weighted by molar-refractivity contribution is -0.164. The van der Waals surface area contributed by atoms with Crippen molar-refractivity contribution in [3.05, 3.63) is 0 Å². The Morgan fingerprint density at radius 3 is 2.05 bits per heavy atom. The van der Waals surface area contributed by atoms with E-state index in [2.05, 4.69) is 18.8 Å². The number of hydrogen-bond donors (Lipinski definition) is 0. The van der Waals surface area contributed by atoms with Gasteiger partial charge in [0.2, 0.25) is 0 Å². The molecule has 0 aliphatic heterocycles. The zero-order valence-electron chi connectivity index (χ0n) is 13.0. The van der Waals surface area contributed by atoms with Gasteiger partial charge in [0.05, 0.1) is 11.8 Å². The molecule has 0 radical (unpaired) electrons. The van der Waals surface area contributed by atoms with Crippen molar-refractivity contribution >= 4 is 18.2 Å². The molecular formula is C15H27NO3. The highest BCUT2D eigenvalue weighted by Gasteiger charge is 2.20. The van der Waals surface area contributed by atoms with E-state index in [9.17, 15) is 9.59 Å². The zero-order valence-corrected chi connectivity index (χ0v) is 13.0. The molecule has 0 aliphatic carbocycles. The van der Waals surface area contributed by atoms with Gasteiger partial charge in [-0.1, -0.05) is 34.6 Å². The maximum absolute atomic E-state index is 11.7. The Hall–Kier alpha value is -1.19. The molecule has 0 N–H and O–H groups in total. The highest BCUT2D eigenvalue weighted by Crippen LogP contribution is 2.13. The molecule has 0 saturated carbocycles. The van der Waals surface area contributed by atoms with Gasteiger partial charge in [0.1, 0.15) is 0 Å². The number of aliphatic imine (C=N–C) groups is 1. The molecule has 0 bridgehead atoms. The lowest BCUT2D eigenvalue weighted by atomic mass is 10.0. The molecule has 4 heteroatoms. The molecule has 0 aromatic heterocycles. The Morgan fingerprint density at radius 1 is 1.00 bits per heavy atom. The highest BCUT2D eigenvalue weighted by molar-refractivity contribution is 5.87. The minimum absolute atomic E-state index is 0.193. The minimum Gasteiger partial charge on any atom is -0.393 e. The number of nitrogens with zero attached hydrogens (tertiary/aromatic N) is 1. The zero-order chi connectivity index (χ0) is 15.0. The van der Waals surface area contributed by atoms with Crippen molar-refractivity contribution in [1.82, 2.24) is 0 Å². The van der Waals surface area contributed by atoms with Crippen molar-refractivity contribution < 1.29 is 14.3 Å². The summed E-state index contributed by atoms with van der Waals surface area (Å²) in [5.41, 5.74) is 0. The summed E-state index contributed by atoms with van der Waals surface area (Å²) < 4.78 is 4.79. The third-order valence-electron chi connectivity index (χ3n) is 2.73. The fourth-order valence-corrected chi connectivity index (χ4v) is 1.32. The van der Waals surface area contributed by atoms with E-state index in [0.29, 0.717) is 12.3 Å². The van der Waals surface area contributed by atoms with Crippen LogP contribution in [0, 0.1) is 17.8 Å². The molecule has 0 spiro atoms. The van der Waals surface area contributed by atoms with Crippen LogP contribution in [0.25, 0.3) is 0 Å². The maximum Gasteiger partial charge on any atom is 0.316 e. The Balaban J connectivity index is 4.06. The number of ether oxygens (including phenoxy) is 1. The minimum atomic E-state index is -0.456. The molecule has 4 nitrogen and oxygen atoms in total. The van der Waals surface area contributed by atoms with E-state index >= 15 is 0 Å². The second-order valence-electron chi connectivity index (χ2n) is 5.76. The summed E-state index contributed by atoms with van der Waals surface area (Å²) in [6.07, 6.45) is 3.42. The molecule has 2 atom stereocenters. The van der Waals surface area contributed by atoms with E-state index in [4.69, 9.17) is 4.74 Å². The van der Waals surface area contributed by atoms with Gasteiger partial charge in [0.15, 0.2) is 0 Å². The average Bonchev–Trinajstić information content (AvgIpc) is 2.32. The summed E-state index contributed by atoms with van der Waals surface area (Å²) in [6, 6.07) is 0.193. The van der Waals surface area contributed by atoms with Crippen LogP contribution in [0.2, 0.25) is 0 Å². The molecule has 0 saturated heterocycles. The summed E-state index contributed by atoms with van der Waals surface area (Å²) >= 11 is 0. The van der Waals surface area contributed by atoms with Gasteiger partial charge in [-0.2, -0.15) is 0 Å². The molecular weight excluding hydrogens is 242 g/mol. The number of carbonyl (C=O) groups excluding carboxylic acids is 2. The van der Waals surface area contributed by atoms with E-state index in [-0.39, 0.29) is 17.9 Å². The Labute approximate surface area is 116 Å². The van der Waals surface area contributed by atoms with Crippen LogP contribution in [-0.2, 0) is 14.3 Å².